The predicted octanol–water partition coefficient (Wildman–Crippen LogP) is 3.09. The Kier molecular flexibility index (Phi) is 4.64. The molecule has 0 fully saturated rings. The Morgan fingerprint density at radius 3 is 2.50 bits per heavy atom. The minimum absolute atomic E-state index is 0.201. The molecule has 1 aromatic rings. The van der Waals surface area contributed by atoms with E-state index in [1.165, 1.54) is 0 Å². The zero-order chi connectivity index (χ0) is 12.3. The van der Waals surface area contributed by atoms with Crippen LogP contribution in [0.5, 0.6) is 5.75 Å². The van der Waals surface area contributed by atoms with Crippen LogP contribution in [0.4, 0.5) is 0 Å². The number of methoxy groups -OCH3 is 1. The SMILES string of the molecule is CCc1c(Br)cc(CS(=O)(=O)Cl)cc1OC. The Labute approximate surface area is 108 Å². The first-order valence-electron chi connectivity index (χ1n) is 4.65. The molecule has 0 bridgehead atoms. The van der Waals surface area contributed by atoms with Crippen LogP contribution in [-0.2, 0) is 21.2 Å². The lowest BCUT2D eigenvalue weighted by atomic mass is 10.1. The van der Waals surface area contributed by atoms with Crippen molar-refractivity contribution in [2.24, 2.45) is 0 Å². The average Bonchev–Trinajstić information content (AvgIpc) is 2.14. The largest absolute Gasteiger partial charge is 0.496 e. The van der Waals surface area contributed by atoms with Crippen molar-refractivity contribution >= 4 is 35.7 Å². The molecular weight excluding hydrogens is 316 g/mol. The van der Waals surface area contributed by atoms with Gasteiger partial charge in [-0.05, 0) is 24.1 Å². The lowest BCUT2D eigenvalue weighted by Gasteiger charge is -2.11. The van der Waals surface area contributed by atoms with Crippen molar-refractivity contribution in [2.45, 2.75) is 19.1 Å². The van der Waals surface area contributed by atoms with E-state index in [4.69, 9.17) is 15.4 Å². The lowest BCUT2D eigenvalue weighted by Crippen LogP contribution is -1.99. The molecule has 0 N–H and O–H groups in total. The fourth-order valence-electron chi connectivity index (χ4n) is 1.47. The third-order valence-corrected chi connectivity index (χ3v) is 3.84. The second-order valence-corrected chi connectivity index (χ2v) is 6.93. The Bertz CT molecular complexity index is 485. The fourth-order valence-corrected chi connectivity index (χ4v) is 3.18. The van der Waals surface area contributed by atoms with Gasteiger partial charge in [0, 0.05) is 20.7 Å². The number of hydrogen-bond donors (Lipinski definition) is 0. The van der Waals surface area contributed by atoms with E-state index in [1.54, 1.807) is 19.2 Å². The molecule has 0 atom stereocenters. The van der Waals surface area contributed by atoms with Crippen LogP contribution in [0.1, 0.15) is 18.1 Å². The quantitative estimate of drug-likeness (QED) is 0.798. The minimum Gasteiger partial charge on any atom is -0.496 e. The molecule has 90 valence electrons. The maximum absolute atomic E-state index is 11.0. The summed E-state index contributed by atoms with van der Waals surface area (Å²) in [5.74, 6) is 0.472. The molecule has 0 aliphatic carbocycles. The normalized spacial score (nSPS) is 11.5. The van der Waals surface area contributed by atoms with E-state index in [1.807, 2.05) is 6.92 Å². The van der Waals surface area contributed by atoms with Gasteiger partial charge in [-0.2, -0.15) is 0 Å². The molecule has 0 saturated carbocycles. The van der Waals surface area contributed by atoms with Crippen molar-refractivity contribution in [3.63, 3.8) is 0 Å². The fraction of sp³-hybridized carbons (Fsp3) is 0.400. The summed E-state index contributed by atoms with van der Waals surface area (Å²) in [7, 11) is 3.22. The summed E-state index contributed by atoms with van der Waals surface area (Å²) < 4.78 is 28.0. The molecule has 0 amide bonds. The van der Waals surface area contributed by atoms with Crippen LogP contribution in [0.2, 0.25) is 0 Å². The molecule has 0 aliphatic rings. The molecule has 6 heteroatoms. The van der Waals surface area contributed by atoms with Gasteiger partial charge in [-0.15, -0.1) is 0 Å². The molecule has 0 saturated heterocycles. The van der Waals surface area contributed by atoms with Crippen molar-refractivity contribution in [3.05, 3.63) is 27.7 Å². The Balaban J connectivity index is 3.20. The molecule has 0 spiro atoms. The molecule has 1 aromatic carbocycles. The number of hydrogen-bond acceptors (Lipinski definition) is 3. The summed E-state index contributed by atoms with van der Waals surface area (Å²) >= 11 is 3.39. The maximum Gasteiger partial charge on any atom is 0.236 e. The van der Waals surface area contributed by atoms with Gasteiger partial charge in [0.25, 0.3) is 0 Å². The van der Waals surface area contributed by atoms with Crippen molar-refractivity contribution in [3.8, 4) is 5.75 Å². The molecule has 3 nitrogen and oxygen atoms in total. The van der Waals surface area contributed by atoms with E-state index in [9.17, 15) is 8.42 Å². The van der Waals surface area contributed by atoms with Gasteiger partial charge in [0.05, 0.1) is 12.9 Å². The van der Waals surface area contributed by atoms with Crippen LogP contribution >= 0.6 is 26.6 Å². The average molecular weight is 328 g/mol. The maximum atomic E-state index is 11.0. The van der Waals surface area contributed by atoms with Gasteiger partial charge in [-0.25, -0.2) is 8.42 Å². The summed E-state index contributed by atoms with van der Waals surface area (Å²) in [5.41, 5.74) is 1.62. The first kappa shape index (κ1) is 13.8. The topological polar surface area (TPSA) is 43.4 Å². The number of ether oxygens (including phenoxy) is 1. The molecule has 0 heterocycles. The van der Waals surface area contributed by atoms with E-state index < -0.39 is 9.05 Å². The highest BCUT2D eigenvalue weighted by Crippen LogP contribution is 2.30. The van der Waals surface area contributed by atoms with Crippen LogP contribution in [-0.4, -0.2) is 15.5 Å². The van der Waals surface area contributed by atoms with E-state index in [2.05, 4.69) is 15.9 Å². The Morgan fingerprint density at radius 1 is 1.44 bits per heavy atom. The van der Waals surface area contributed by atoms with Gasteiger partial charge in [0.1, 0.15) is 5.75 Å². The van der Waals surface area contributed by atoms with Crippen molar-refractivity contribution in [1.29, 1.82) is 0 Å². The van der Waals surface area contributed by atoms with Gasteiger partial charge >= 0.3 is 0 Å². The summed E-state index contributed by atoms with van der Waals surface area (Å²) in [6.07, 6.45) is 0.803. The highest BCUT2D eigenvalue weighted by molar-refractivity contribution is 9.10. The second-order valence-electron chi connectivity index (χ2n) is 3.30. The molecule has 0 radical (unpaired) electrons. The Hall–Kier alpha value is -0.260. The summed E-state index contributed by atoms with van der Waals surface area (Å²) in [6.45, 7) is 2.00. The smallest absolute Gasteiger partial charge is 0.236 e. The van der Waals surface area contributed by atoms with Gasteiger partial charge in [-0.1, -0.05) is 22.9 Å². The van der Waals surface area contributed by atoms with E-state index >= 15 is 0 Å². The van der Waals surface area contributed by atoms with Crippen LogP contribution in [0.25, 0.3) is 0 Å². The Morgan fingerprint density at radius 2 is 2.06 bits per heavy atom. The third-order valence-electron chi connectivity index (χ3n) is 2.13. The second kappa shape index (κ2) is 5.38. The first-order chi connectivity index (χ1) is 7.37. The number of rotatable bonds is 4. The molecule has 0 aromatic heterocycles. The number of halogens is 2. The lowest BCUT2D eigenvalue weighted by molar-refractivity contribution is 0.409. The standard InChI is InChI=1S/C10H12BrClO3S/c1-3-8-9(11)4-7(5-10(8)15-2)6-16(12,13)14/h4-5H,3,6H2,1-2H3. The van der Waals surface area contributed by atoms with Gasteiger partial charge in [0.15, 0.2) is 0 Å². The first-order valence-corrected chi connectivity index (χ1v) is 7.92. The predicted molar refractivity (Wildman–Crippen MR) is 68.5 cm³/mol. The van der Waals surface area contributed by atoms with Crippen molar-refractivity contribution in [2.75, 3.05) is 7.11 Å². The molecule has 0 aliphatic heterocycles. The van der Waals surface area contributed by atoms with E-state index in [0.29, 0.717) is 11.3 Å². The van der Waals surface area contributed by atoms with Crippen LogP contribution in [0, 0.1) is 0 Å². The van der Waals surface area contributed by atoms with Crippen LogP contribution in [0.15, 0.2) is 16.6 Å². The van der Waals surface area contributed by atoms with Crippen LogP contribution < -0.4 is 4.74 Å². The van der Waals surface area contributed by atoms with Gasteiger partial charge in [-0.3, -0.25) is 0 Å². The monoisotopic (exact) mass is 326 g/mol. The summed E-state index contributed by atoms with van der Waals surface area (Å²) in [6, 6.07) is 3.45. The zero-order valence-corrected chi connectivity index (χ0v) is 12.1. The molecule has 1 rings (SSSR count). The van der Waals surface area contributed by atoms with Crippen molar-refractivity contribution in [1.82, 2.24) is 0 Å². The highest BCUT2D eigenvalue weighted by atomic mass is 79.9. The van der Waals surface area contributed by atoms with E-state index in [0.717, 1.165) is 16.5 Å². The van der Waals surface area contributed by atoms with Gasteiger partial charge in [0.2, 0.25) is 9.05 Å². The highest BCUT2D eigenvalue weighted by Gasteiger charge is 2.12. The molecule has 16 heavy (non-hydrogen) atoms. The zero-order valence-electron chi connectivity index (χ0n) is 8.96. The van der Waals surface area contributed by atoms with Crippen molar-refractivity contribution < 1.29 is 13.2 Å². The summed E-state index contributed by atoms with van der Waals surface area (Å²) in [5, 5.41) is 0. The number of benzene rings is 1. The third kappa shape index (κ3) is 3.64. The minimum atomic E-state index is -3.54. The van der Waals surface area contributed by atoms with Gasteiger partial charge < -0.3 is 4.74 Å². The van der Waals surface area contributed by atoms with Crippen LogP contribution in [0.3, 0.4) is 0 Å². The molecule has 0 unspecified atom stereocenters. The molecular formula is C10H12BrClO3S. The van der Waals surface area contributed by atoms with E-state index in [-0.39, 0.29) is 5.75 Å². The summed E-state index contributed by atoms with van der Waals surface area (Å²) in [4.78, 5) is 0.